The van der Waals surface area contributed by atoms with Gasteiger partial charge < -0.3 is 5.11 Å². The van der Waals surface area contributed by atoms with E-state index in [1.165, 1.54) is 6.21 Å². The van der Waals surface area contributed by atoms with Crippen molar-refractivity contribution in [1.29, 1.82) is 0 Å². The Morgan fingerprint density at radius 2 is 2.25 bits per heavy atom. The van der Waals surface area contributed by atoms with Crippen molar-refractivity contribution >= 4 is 12.3 Å². The van der Waals surface area contributed by atoms with Crippen LogP contribution in [0.15, 0.2) is 29.6 Å². The molecule has 1 aromatic heterocycles. The zero-order valence-corrected chi connectivity index (χ0v) is 6.14. The number of carbonyl (C=O) groups is 1. The molecule has 2 N–H and O–H groups in total. The van der Waals surface area contributed by atoms with Gasteiger partial charge in [0, 0.05) is 12.4 Å². The average molecular weight is 165 g/mol. The van der Waals surface area contributed by atoms with Crippen molar-refractivity contribution in [3.63, 3.8) is 0 Å². The van der Waals surface area contributed by atoms with Crippen LogP contribution in [0.1, 0.15) is 5.56 Å². The SMILES string of the molecule is O=C(O)N/N=C/c1ccncc1. The molecule has 1 heterocycles. The van der Waals surface area contributed by atoms with Crippen molar-refractivity contribution in [3.05, 3.63) is 30.1 Å². The molecule has 0 spiro atoms. The second-order valence-corrected chi connectivity index (χ2v) is 1.96. The number of nitrogens with one attached hydrogen (secondary N) is 1. The molecule has 0 radical (unpaired) electrons. The van der Waals surface area contributed by atoms with E-state index in [-0.39, 0.29) is 0 Å². The molecule has 0 unspecified atom stereocenters. The third-order valence-electron chi connectivity index (χ3n) is 1.08. The summed E-state index contributed by atoms with van der Waals surface area (Å²) in [5, 5.41) is 11.6. The summed E-state index contributed by atoms with van der Waals surface area (Å²) in [6, 6.07) is 3.43. The van der Waals surface area contributed by atoms with Crippen LogP contribution in [-0.4, -0.2) is 22.4 Å². The van der Waals surface area contributed by atoms with E-state index in [0.29, 0.717) is 0 Å². The summed E-state index contributed by atoms with van der Waals surface area (Å²) < 4.78 is 0. The summed E-state index contributed by atoms with van der Waals surface area (Å²) in [5.41, 5.74) is 2.65. The van der Waals surface area contributed by atoms with E-state index in [9.17, 15) is 4.79 Å². The fourth-order valence-corrected chi connectivity index (χ4v) is 0.612. The standard InChI is InChI=1S/C7H7N3O2/c11-7(12)10-9-5-6-1-3-8-4-2-6/h1-5,10H,(H,11,12)/b9-5+. The van der Waals surface area contributed by atoms with Gasteiger partial charge in [-0.1, -0.05) is 0 Å². The fraction of sp³-hybridized carbons (Fsp3) is 0. The van der Waals surface area contributed by atoms with Crippen molar-refractivity contribution in [2.45, 2.75) is 0 Å². The van der Waals surface area contributed by atoms with Gasteiger partial charge in [-0.15, -0.1) is 0 Å². The minimum atomic E-state index is -1.18. The van der Waals surface area contributed by atoms with E-state index in [1.807, 2.05) is 5.43 Å². The molecule has 0 bridgehead atoms. The third-order valence-corrected chi connectivity index (χ3v) is 1.08. The lowest BCUT2D eigenvalue weighted by Crippen LogP contribution is -2.13. The molecule has 0 saturated heterocycles. The maximum atomic E-state index is 9.95. The minimum Gasteiger partial charge on any atom is -0.464 e. The maximum Gasteiger partial charge on any atom is 0.425 e. The van der Waals surface area contributed by atoms with Gasteiger partial charge in [0.2, 0.25) is 0 Å². The Morgan fingerprint density at radius 1 is 1.58 bits per heavy atom. The van der Waals surface area contributed by atoms with E-state index in [4.69, 9.17) is 5.11 Å². The van der Waals surface area contributed by atoms with Gasteiger partial charge in [0.1, 0.15) is 0 Å². The van der Waals surface area contributed by atoms with Crippen LogP contribution in [0.4, 0.5) is 4.79 Å². The van der Waals surface area contributed by atoms with Crippen LogP contribution in [0.2, 0.25) is 0 Å². The molecule has 0 aliphatic heterocycles. The quantitative estimate of drug-likeness (QED) is 0.500. The Kier molecular flexibility index (Phi) is 2.78. The van der Waals surface area contributed by atoms with E-state index in [2.05, 4.69) is 10.1 Å². The highest BCUT2D eigenvalue weighted by molar-refractivity contribution is 5.80. The Hall–Kier alpha value is -1.91. The summed E-state index contributed by atoms with van der Waals surface area (Å²) in [5.74, 6) is 0. The zero-order valence-electron chi connectivity index (χ0n) is 6.14. The number of hydrazone groups is 1. The maximum absolute atomic E-state index is 9.95. The van der Waals surface area contributed by atoms with Gasteiger partial charge in [-0.2, -0.15) is 5.10 Å². The molecule has 12 heavy (non-hydrogen) atoms. The van der Waals surface area contributed by atoms with Crippen molar-refractivity contribution in [3.8, 4) is 0 Å². The Labute approximate surface area is 68.8 Å². The van der Waals surface area contributed by atoms with E-state index in [1.54, 1.807) is 24.5 Å². The second kappa shape index (κ2) is 4.07. The molecule has 5 nitrogen and oxygen atoms in total. The lowest BCUT2D eigenvalue weighted by Gasteiger charge is -1.90. The second-order valence-electron chi connectivity index (χ2n) is 1.96. The molecule has 1 aromatic rings. The van der Waals surface area contributed by atoms with Crippen molar-refractivity contribution in [2.75, 3.05) is 0 Å². The molecular formula is C7H7N3O2. The van der Waals surface area contributed by atoms with Gasteiger partial charge in [-0.25, -0.2) is 10.2 Å². The number of amides is 1. The summed E-state index contributed by atoms with van der Waals surface area (Å²) in [6.07, 6.45) is 3.42. The lowest BCUT2D eigenvalue weighted by atomic mass is 10.3. The predicted octanol–water partition coefficient (Wildman–Crippen LogP) is 0.683. The fourth-order valence-electron chi connectivity index (χ4n) is 0.612. The molecule has 0 aliphatic rings. The topological polar surface area (TPSA) is 74.6 Å². The van der Waals surface area contributed by atoms with Crippen LogP contribution in [0.25, 0.3) is 0 Å². The van der Waals surface area contributed by atoms with E-state index >= 15 is 0 Å². The van der Waals surface area contributed by atoms with Gasteiger partial charge in [-0.3, -0.25) is 4.98 Å². The molecule has 0 aliphatic carbocycles. The molecule has 1 amide bonds. The molecule has 1 rings (SSSR count). The number of nitrogens with zero attached hydrogens (tertiary/aromatic N) is 2. The van der Waals surface area contributed by atoms with Gasteiger partial charge in [0.15, 0.2) is 0 Å². The predicted molar refractivity (Wildman–Crippen MR) is 43.0 cm³/mol. The van der Waals surface area contributed by atoms with Gasteiger partial charge in [-0.05, 0) is 17.7 Å². The van der Waals surface area contributed by atoms with E-state index < -0.39 is 6.09 Å². The first-order valence-corrected chi connectivity index (χ1v) is 3.21. The summed E-state index contributed by atoms with van der Waals surface area (Å²) in [4.78, 5) is 13.7. The first-order valence-electron chi connectivity index (χ1n) is 3.21. The van der Waals surface area contributed by atoms with Gasteiger partial charge in [0.25, 0.3) is 0 Å². The Morgan fingerprint density at radius 3 is 2.83 bits per heavy atom. The van der Waals surface area contributed by atoms with Crippen LogP contribution in [0.5, 0.6) is 0 Å². The Balaban J connectivity index is 2.52. The van der Waals surface area contributed by atoms with Gasteiger partial charge in [0.05, 0.1) is 6.21 Å². The minimum absolute atomic E-state index is 0.791. The van der Waals surface area contributed by atoms with Gasteiger partial charge >= 0.3 is 6.09 Å². The number of pyridine rings is 1. The number of aromatic nitrogens is 1. The Bertz CT molecular complexity index is 284. The normalized spacial score (nSPS) is 10.0. The number of carboxylic acid groups (broad SMARTS) is 1. The van der Waals surface area contributed by atoms with Crippen LogP contribution in [-0.2, 0) is 0 Å². The largest absolute Gasteiger partial charge is 0.464 e. The van der Waals surface area contributed by atoms with Crippen LogP contribution in [0, 0.1) is 0 Å². The smallest absolute Gasteiger partial charge is 0.425 e. The van der Waals surface area contributed by atoms with Crippen LogP contribution >= 0.6 is 0 Å². The highest BCUT2D eigenvalue weighted by Gasteiger charge is 1.87. The van der Waals surface area contributed by atoms with Crippen molar-refractivity contribution in [2.24, 2.45) is 5.10 Å². The van der Waals surface area contributed by atoms with E-state index in [0.717, 1.165) is 5.56 Å². The first kappa shape index (κ1) is 8.19. The molecule has 0 atom stereocenters. The lowest BCUT2D eigenvalue weighted by molar-refractivity contribution is 0.195. The zero-order chi connectivity index (χ0) is 8.81. The molecule has 0 saturated carbocycles. The highest BCUT2D eigenvalue weighted by atomic mass is 16.4. The third kappa shape index (κ3) is 2.78. The summed E-state index contributed by atoms with van der Waals surface area (Å²) in [6.45, 7) is 0. The summed E-state index contributed by atoms with van der Waals surface area (Å²) >= 11 is 0. The number of hydrogen-bond acceptors (Lipinski definition) is 3. The number of rotatable bonds is 2. The highest BCUT2D eigenvalue weighted by Crippen LogP contribution is 1.89. The van der Waals surface area contributed by atoms with Crippen LogP contribution in [0.3, 0.4) is 0 Å². The molecular weight excluding hydrogens is 158 g/mol. The average Bonchev–Trinajstić information content (AvgIpc) is 2.05. The molecule has 62 valence electrons. The molecule has 0 fully saturated rings. The van der Waals surface area contributed by atoms with Crippen molar-refractivity contribution in [1.82, 2.24) is 10.4 Å². The van der Waals surface area contributed by atoms with Crippen LogP contribution < -0.4 is 5.43 Å². The van der Waals surface area contributed by atoms with Crippen molar-refractivity contribution < 1.29 is 9.90 Å². The molecule has 5 heteroatoms. The number of hydrogen-bond donors (Lipinski definition) is 2. The first-order chi connectivity index (χ1) is 5.79. The molecule has 0 aromatic carbocycles. The monoisotopic (exact) mass is 165 g/mol. The summed E-state index contributed by atoms with van der Waals surface area (Å²) in [7, 11) is 0.